The largest absolute Gasteiger partial charge is 0.276 e. The Balaban J connectivity index is 3.34. The summed E-state index contributed by atoms with van der Waals surface area (Å²) in [4.78, 5) is 19.8. The van der Waals surface area contributed by atoms with Gasteiger partial charge in [-0.2, -0.15) is 0 Å². The van der Waals surface area contributed by atoms with E-state index < -0.39 is 15.8 Å². The van der Waals surface area contributed by atoms with Crippen LogP contribution in [0.15, 0.2) is 30.9 Å². The summed E-state index contributed by atoms with van der Waals surface area (Å²) in [6.45, 7) is 7.15. The van der Waals surface area contributed by atoms with Crippen LogP contribution in [0.2, 0.25) is 0 Å². The average molecular weight is 221 g/mol. The maximum Gasteiger partial charge on any atom is 0.276 e. The zero-order valence-electron chi connectivity index (χ0n) is 8.33. The second kappa shape index (κ2) is 4.52. The first kappa shape index (κ1) is 11.8. The molecule has 0 amide bonds. The monoisotopic (exact) mass is 221 g/mol. The smallest absolute Gasteiger partial charge is 0.258 e. The van der Waals surface area contributed by atoms with Gasteiger partial charge in [0, 0.05) is 18.1 Å². The molecule has 16 heavy (non-hydrogen) atoms. The van der Waals surface area contributed by atoms with E-state index in [2.05, 4.69) is 13.5 Å². The summed E-state index contributed by atoms with van der Waals surface area (Å²) in [7, 11) is 0. The molecule has 0 saturated heterocycles. The Labute approximate surface area is 91.5 Å². The molecular formula is C10H9N2O4. The molecule has 0 N–H and O–H groups in total. The van der Waals surface area contributed by atoms with Crippen molar-refractivity contribution in [1.29, 1.82) is 0 Å². The third kappa shape index (κ3) is 2.41. The van der Waals surface area contributed by atoms with Crippen molar-refractivity contribution in [3.63, 3.8) is 0 Å². The standard InChI is InChI=1S/C10H9N2O4/c1-3-7(2)8-4-9(11(13)14)6-10(5-8)12(15)16/h3-7H,1-2H2. The second-order valence-electron chi connectivity index (χ2n) is 3.14. The van der Waals surface area contributed by atoms with Crippen molar-refractivity contribution in [3.05, 3.63) is 63.6 Å². The Kier molecular flexibility index (Phi) is 3.34. The van der Waals surface area contributed by atoms with Gasteiger partial charge in [0.2, 0.25) is 0 Å². The molecule has 0 saturated carbocycles. The predicted octanol–water partition coefficient (Wildman–Crippen LogP) is 2.61. The van der Waals surface area contributed by atoms with Gasteiger partial charge < -0.3 is 0 Å². The molecule has 0 aliphatic rings. The first-order valence-electron chi connectivity index (χ1n) is 4.35. The van der Waals surface area contributed by atoms with Crippen LogP contribution in [-0.2, 0) is 0 Å². The molecule has 1 atom stereocenters. The fourth-order valence-electron chi connectivity index (χ4n) is 1.18. The van der Waals surface area contributed by atoms with E-state index in [1.165, 1.54) is 18.2 Å². The van der Waals surface area contributed by atoms with Crippen LogP contribution in [-0.4, -0.2) is 9.85 Å². The lowest BCUT2D eigenvalue weighted by Gasteiger charge is -2.05. The van der Waals surface area contributed by atoms with Crippen LogP contribution in [0.1, 0.15) is 11.5 Å². The molecule has 1 aromatic carbocycles. The Morgan fingerprint density at radius 2 is 1.56 bits per heavy atom. The first-order valence-corrected chi connectivity index (χ1v) is 4.35. The number of nitro groups is 2. The van der Waals surface area contributed by atoms with Gasteiger partial charge >= 0.3 is 0 Å². The molecule has 0 heterocycles. The Morgan fingerprint density at radius 3 is 1.88 bits per heavy atom. The van der Waals surface area contributed by atoms with Gasteiger partial charge in [-0.15, -0.1) is 6.58 Å². The molecule has 1 unspecified atom stereocenters. The Bertz CT molecular complexity index is 424. The molecule has 1 radical (unpaired) electrons. The maximum atomic E-state index is 10.6. The number of hydrogen-bond acceptors (Lipinski definition) is 4. The normalized spacial score (nSPS) is 11.8. The van der Waals surface area contributed by atoms with E-state index >= 15 is 0 Å². The number of hydrogen-bond donors (Lipinski definition) is 0. The highest BCUT2D eigenvalue weighted by Gasteiger charge is 2.17. The van der Waals surface area contributed by atoms with Crippen molar-refractivity contribution in [1.82, 2.24) is 0 Å². The van der Waals surface area contributed by atoms with E-state index in [1.54, 1.807) is 0 Å². The third-order valence-corrected chi connectivity index (χ3v) is 2.06. The lowest BCUT2D eigenvalue weighted by atomic mass is 10.0. The molecule has 0 spiro atoms. The Hall–Kier alpha value is -2.24. The number of allylic oxidation sites excluding steroid dienone is 1. The van der Waals surface area contributed by atoms with E-state index in [1.807, 2.05) is 0 Å². The van der Waals surface area contributed by atoms with Crippen LogP contribution in [0.5, 0.6) is 0 Å². The van der Waals surface area contributed by atoms with Crippen LogP contribution in [0.4, 0.5) is 11.4 Å². The molecule has 0 aliphatic heterocycles. The van der Waals surface area contributed by atoms with E-state index in [0.717, 1.165) is 6.07 Å². The number of nitro benzene ring substituents is 2. The summed E-state index contributed by atoms with van der Waals surface area (Å²) >= 11 is 0. The number of non-ortho nitro benzene ring substituents is 2. The molecule has 0 aromatic heterocycles. The van der Waals surface area contributed by atoms with Crippen molar-refractivity contribution in [3.8, 4) is 0 Å². The summed E-state index contributed by atoms with van der Waals surface area (Å²) in [5.74, 6) is -0.418. The van der Waals surface area contributed by atoms with Gasteiger partial charge in [0.25, 0.3) is 11.4 Å². The predicted molar refractivity (Wildman–Crippen MR) is 58.0 cm³/mol. The van der Waals surface area contributed by atoms with Gasteiger partial charge in [0.1, 0.15) is 0 Å². The number of nitrogens with zero attached hydrogens (tertiary/aromatic N) is 2. The fourth-order valence-corrected chi connectivity index (χ4v) is 1.18. The average Bonchev–Trinajstić information content (AvgIpc) is 2.27. The lowest BCUT2D eigenvalue weighted by molar-refractivity contribution is -0.394. The molecule has 83 valence electrons. The van der Waals surface area contributed by atoms with Crippen LogP contribution in [0.25, 0.3) is 0 Å². The molecule has 6 heteroatoms. The molecule has 0 aliphatic carbocycles. The van der Waals surface area contributed by atoms with Crippen molar-refractivity contribution >= 4 is 11.4 Å². The van der Waals surface area contributed by atoms with Gasteiger partial charge in [-0.3, -0.25) is 20.2 Å². The van der Waals surface area contributed by atoms with Gasteiger partial charge in [-0.25, -0.2) is 0 Å². The summed E-state index contributed by atoms with van der Waals surface area (Å²) in [6, 6.07) is 3.43. The van der Waals surface area contributed by atoms with E-state index in [9.17, 15) is 20.2 Å². The molecule has 1 aromatic rings. The van der Waals surface area contributed by atoms with Gasteiger partial charge in [0.05, 0.1) is 15.9 Å². The minimum Gasteiger partial charge on any atom is -0.258 e. The summed E-state index contributed by atoms with van der Waals surface area (Å²) < 4.78 is 0. The molecule has 0 bridgehead atoms. The fraction of sp³-hybridized carbons (Fsp3) is 0.100. The highest BCUT2D eigenvalue weighted by molar-refractivity contribution is 5.48. The van der Waals surface area contributed by atoms with Crippen LogP contribution in [0.3, 0.4) is 0 Å². The van der Waals surface area contributed by atoms with Crippen molar-refractivity contribution in [2.75, 3.05) is 0 Å². The zero-order chi connectivity index (χ0) is 12.3. The SMILES string of the molecule is [CH2]C(C=C)c1cc([N+](=O)[O-])cc([N+](=O)[O-])c1. The highest BCUT2D eigenvalue weighted by Crippen LogP contribution is 2.27. The number of benzene rings is 1. The molecule has 0 fully saturated rings. The molecule has 1 rings (SSSR count). The Morgan fingerprint density at radius 1 is 1.12 bits per heavy atom. The van der Waals surface area contributed by atoms with Gasteiger partial charge in [-0.05, 0) is 12.5 Å². The van der Waals surface area contributed by atoms with Gasteiger partial charge in [-0.1, -0.05) is 6.08 Å². The van der Waals surface area contributed by atoms with Crippen molar-refractivity contribution < 1.29 is 9.85 Å². The minimum atomic E-state index is -0.674. The minimum absolute atomic E-state index is 0.320. The maximum absolute atomic E-state index is 10.6. The van der Waals surface area contributed by atoms with E-state index in [0.29, 0.717) is 5.56 Å². The molecule has 6 nitrogen and oxygen atoms in total. The van der Waals surface area contributed by atoms with Crippen LogP contribution < -0.4 is 0 Å². The quantitative estimate of drug-likeness (QED) is 0.444. The van der Waals surface area contributed by atoms with Crippen molar-refractivity contribution in [2.24, 2.45) is 0 Å². The van der Waals surface area contributed by atoms with E-state index in [4.69, 9.17) is 0 Å². The van der Waals surface area contributed by atoms with Crippen LogP contribution >= 0.6 is 0 Å². The summed E-state index contributed by atoms with van der Waals surface area (Å²) in [5, 5.41) is 21.2. The van der Waals surface area contributed by atoms with E-state index in [-0.39, 0.29) is 11.4 Å². The first-order chi connectivity index (χ1) is 7.45. The van der Waals surface area contributed by atoms with Crippen LogP contribution in [0, 0.1) is 27.2 Å². The molecular weight excluding hydrogens is 212 g/mol. The second-order valence-corrected chi connectivity index (χ2v) is 3.14. The third-order valence-electron chi connectivity index (χ3n) is 2.06. The topological polar surface area (TPSA) is 86.3 Å². The lowest BCUT2D eigenvalue weighted by Crippen LogP contribution is -1.97. The zero-order valence-corrected chi connectivity index (χ0v) is 8.33. The summed E-state index contributed by atoms with van der Waals surface area (Å²) in [6.07, 6.45) is 1.46. The van der Waals surface area contributed by atoms with Gasteiger partial charge in [0.15, 0.2) is 0 Å². The highest BCUT2D eigenvalue weighted by atomic mass is 16.6. The van der Waals surface area contributed by atoms with Crippen molar-refractivity contribution in [2.45, 2.75) is 5.92 Å². The summed E-state index contributed by atoms with van der Waals surface area (Å²) in [5.41, 5.74) is -0.240. The number of rotatable bonds is 4.